The summed E-state index contributed by atoms with van der Waals surface area (Å²) in [6, 6.07) is 0. The van der Waals surface area contributed by atoms with Gasteiger partial charge in [-0.25, -0.2) is 4.98 Å². The highest BCUT2D eigenvalue weighted by Crippen LogP contribution is 2.31. The molecule has 1 aliphatic heterocycles. The fourth-order valence-corrected chi connectivity index (χ4v) is 2.80. The normalized spacial score (nSPS) is 20.7. The number of thioether (sulfide) groups is 1. The van der Waals surface area contributed by atoms with Crippen LogP contribution in [0.5, 0.6) is 0 Å². The Morgan fingerprint density at radius 3 is 3.27 bits per heavy atom. The molecule has 1 aromatic heterocycles. The molecule has 82 valence electrons. The Morgan fingerprint density at radius 1 is 1.73 bits per heavy atom. The molecular weight excluding hydrogens is 214 g/mol. The molecule has 5 heteroatoms. The third-order valence-electron chi connectivity index (χ3n) is 2.44. The fourth-order valence-electron chi connectivity index (χ4n) is 1.59. The van der Waals surface area contributed by atoms with Gasteiger partial charge in [0.1, 0.15) is 5.76 Å². The minimum atomic E-state index is -0.802. The average Bonchev–Trinajstić information content (AvgIpc) is 2.85. The van der Waals surface area contributed by atoms with E-state index in [9.17, 15) is 4.79 Å². The summed E-state index contributed by atoms with van der Waals surface area (Å²) >= 11 is 1.91. The molecule has 0 aromatic carbocycles. The minimum Gasteiger partial charge on any atom is -0.481 e. The van der Waals surface area contributed by atoms with Gasteiger partial charge in [-0.3, -0.25) is 4.79 Å². The van der Waals surface area contributed by atoms with Gasteiger partial charge in [0.25, 0.3) is 0 Å². The van der Waals surface area contributed by atoms with Crippen LogP contribution < -0.4 is 0 Å². The first-order valence-corrected chi connectivity index (χ1v) is 6.15. The van der Waals surface area contributed by atoms with Gasteiger partial charge < -0.3 is 9.52 Å². The van der Waals surface area contributed by atoms with Crippen molar-refractivity contribution in [2.75, 3.05) is 11.5 Å². The minimum absolute atomic E-state index is 0.105. The Labute approximate surface area is 92.1 Å². The van der Waals surface area contributed by atoms with Crippen LogP contribution in [0, 0.1) is 0 Å². The summed E-state index contributed by atoms with van der Waals surface area (Å²) in [7, 11) is 0. The van der Waals surface area contributed by atoms with Crippen molar-refractivity contribution in [3.8, 4) is 0 Å². The smallest absolute Gasteiger partial charge is 0.303 e. The van der Waals surface area contributed by atoms with Crippen LogP contribution in [0.1, 0.15) is 30.4 Å². The summed E-state index contributed by atoms with van der Waals surface area (Å²) < 4.78 is 5.53. The Bertz CT molecular complexity index is 344. The summed E-state index contributed by atoms with van der Waals surface area (Å²) in [5, 5.41) is 8.53. The number of aromatic nitrogens is 1. The number of rotatable bonds is 4. The monoisotopic (exact) mass is 227 g/mol. The highest BCUT2D eigenvalue weighted by atomic mass is 32.2. The molecule has 1 unspecified atom stereocenters. The molecule has 15 heavy (non-hydrogen) atoms. The van der Waals surface area contributed by atoms with Crippen LogP contribution in [0.3, 0.4) is 0 Å². The summed E-state index contributed by atoms with van der Waals surface area (Å²) in [5.74, 6) is 3.32. The van der Waals surface area contributed by atoms with Gasteiger partial charge in [-0.1, -0.05) is 0 Å². The number of hydrogen-bond donors (Lipinski definition) is 1. The van der Waals surface area contributed by atoms with Gasteiger partial charge in [0.05, 0.1) is 12.6 Å². The van der Waals surface area contributed by atoms with Crippen molar-refractivity contribution >= 4 is 17.7 Å². The molecule has 2 rings (SSSR count). The Balaban J connectivity index is 1.94. The maximum Gasteiger partial charge on any atom is 0.303 e. The van der Waals surface area contributed by atoms with Gasteiger partial charge in [-0.2, -0.15) is 11.8 Å². The molecule has 1 N–H and O–H groups in total. The van der Waals surface area contributed by atoms with Crippen LogP contribution in [0.15, 0.2) is 10.6 Å². The summed E-state index contributed by atoms with van der Waals surface area (Å²) in [4.78, 5) is 14.6. The molecule has 0 radical (unpaired) electrons. The largest absolute Gasteiger partial charge is 0.481 e. The van der Waals surface area contributed by atoms with Gasteiger partial charge in [0, 0.05) is 18.1 Å². The Kier molecular flexibility index (Phi) is 3.30. The van der Waals surface area contributed by atoms with Gasteiger partial charge in [-0.05, 0) is 12.2 Å². The molecule has 0 bridgehead atoms. The number of carboxylic acids is 1. The molecule has 1 aliphatic rings. The first-order valence-electron chi connectivity index (χ1n) is 5.00. The molecule has 0 saturated carbocycles. The standard InChI is InChI=1S/C10H13NO3S/c12-9(13)2-1-8-5-11-10(14-8)7-3-4-15-6-7/h5,7H,1-4,6H2,(H,12,13). The number of aryl methyl sites for hydroxylation is 1. The van der Waals surface area contributed by atoms with E-state index < -0.39 is 5.97 Å². The number of nitrogens with zero attached hydrogens (tertiary/aromatic N) is 1. The van der Waals surface area contributed by atoms with Crippen molar-refractivity contribution in [2.24, 2.45) is 0 Å². The second-order valence-electron chi connectivity index (χ2n) is 3.62. The zero-order chi connectivity index (χ0) is 10.7. The van der Waals surface area contributed by atoms with E-state index in [2.05, 4.69) is 4.98 Å². The molecular formula is C10H13NO3S. The van der Waals surface area contributed by atoms with E-state index >= 15 is 0 Å². The lowest BCUT2D eigenvalue weighted by Gasteiger charge is -2.00. The van der Waals surface area contributed by atoms with Crippen molar-refractivity contribution in [1.82, 2.24) is 4.98 Å². The number of carbonyl (C=O) groups is 1. The zero-order valence-electron chi connectivity index (χ0n) is 8.31. The molecule has 4 nitrogen and oxygen atoms in total. The van der Waals surface area contributed by atoms with Crippen LogP contribution in [0.2, 0.25) is 0 Å². The van der Waals surface area contributed by atoms with Gasteiger partial charge in [-0.15, -0.1) is 0 Å². The molecule has 1 fully saturated rings. The molecule has 0 amide bonds. The van der Waals surface area contributed by atoms with Crippen molar-refractivity contribution in [3.05, 3.63) is 17.8 Å². The van der Waals surface area contributed by atoms with E-state index in [1.54, 1.807) is 6.20 Å². The molecule has 0 spiro atoms. The predicted octanol–water partition coefficient (Wildman–Crippen LogP) is 1.91. The lowest BCUT2D eigenvalue weighted by molar-refractivity contribution is -0.137. The molecule has 2 heterocycles. The first kappa shape index (κ1) is 10.5. The van der Waals surface area contributed by atoms with Gasteiger partial charge >= 0.3 is 5.97 Å². The third-order valence-corrected chi connectivity index (χ3v) is 3.60. The predicted molar refractivity (Wildman–Crippen MR) is 57.1 cm³/mol. The molecule has 1 atom stereocenters. The van der Waals surface area contributed by atoms with Crippen molar-refractivity contribution < 1.29 is 14.3 Å². The van der Waals surface area contributed by atoms with E-state index in [-0.39, 0.29) is 6.42 Å². The van der Waals surface area contributed by atoms with Crippen molar-refractivity contribution in [3.63, 3.8) is 0 Å². The number of aliphatic carboxylic acids is 1. The maximum absolute atomic E-state index is 10.4. The molecule has 1 aromatic rings. The fraction of sp³-hybridized carbons (Fsp3) is 0.600. The lowest BCUT2D eigenvalue weighted by atomic mass is 10.1. The maximum atomic E-state index is 10.4. The van der Waals surface area contributed by atoms with Crippen LogP contribution in [0.4, 0.5) is 0 Å². The average molecular weight is 227 g/mol. The highest BCUT2D eigenvalue weighted by Gasteiger charge is 2.22. The molecule has 1 saturated heterocycles. The first-order chi connectivity index (χ1) is 7.25. The number of hydrogen-bond acceptors (Lipinski definition) is 4. The van der Waals surface area contributed by atoms with E-state index in [1.165, 1.54) is 0 Å². The second-order valence-corrected chi connectivity index (χ2v) is 4.77. The van der Waals surface area contributed by atoms with Gasteiger partial charge in [0.2, 0.25) is 0 Å². The van der Waals surface area contributed by atoms with E-state index in [1.807, 2.05) is 11.8 Å². The lowest BCUT2D eigenvalue weighted by Crippen LogP contribution is -1.97. The van der Waals surface area contributed by atoms with E-state index in [0.29, 0.717) is 18.1 Å². The summed E-state index contributed by atoms with van der Waals surface area (Å²) in [6.07, 6.45) is 3.31. The quantitative estimate of drug-likeness (QED) is 0.851. The highest BCUT2D eigenvalue weighted by molar-refractivity contribution is 7.99. The van der Waals surface area contributed by atoms with Crippen LogP contribution >= 0.6 is 11.8 Å². The van der Waals surface area contributed by atoms with Gasteiger partial charge in [0.15, 0.2) is 5.89 Å². The van der Waals surface area contributed by atoms with Crippen molar-refractivity contribution in [1.29, 1.82) is 0 Å². The third kappa shape index (κ3) is 2.75. The number of carboxylic acid groups (broad SMARTS) is 1. The number of oxazole rings is 1. The Morgan fingerprint density at radius 2 is 2.60 bits per heavy atom. The summed E-state index contributed by atoms with van der Waals surface area (Å²) in [5.41, 5.74) is 0. The molecule has 0 aliphatic carbocycles. The van der Waals surface area contributed by atoms with Crippen molar-refractivity contribution in [2.45, 2.75) is 25.2 Å². The SMILES string of the molecule is O=C(O)CCc1cnc(C2CCSC2)o1. The second kappa shape index (κ2) is 4.70. The zero-order valence-corrected chi connectivity index (χ0v) is 9.13. The van der Waals surface area contributed by atoms with E-state index in [4.69, 9.17) is 9.52 Å². The van der Waals surface area contributed by atoms with Crippen LogP contribution in [-0.4, -0.2) is 27.6 Å². The van der Waals surface area contributed by atoms with Crippen LogP contribution in [-0.2, 0) is 11.2 Å². The van der Waals surface area contributed by atoms with E-state index in [0.717, 1.165) is 23.8 Å². The summed E-state index contributed by atoms with van der Waals surface area (Å²) in [6.45, 7) is 0. The van der Waals surface area contributed by atoms with Crippen LogP contribution in [0.25, 0.3) is 0 Å². The topological polar surface area (TPSA) is 63.3 Å². The Hall–Kier alpha value is -0.970.